The van der Waals surface area contributed by atoms with Gasteiger partial charge in [0, 0.05) is 11.7 Å². The molecule has 0 aliphatic heterocycles. The van der Waals surface area contributed by atoms with Gasteiger partial charge in [-0.2, -0.15) is 0 Å². The maximum absolute atomic E-state index is 12.0. The van der Waals surface area contributed by atoms with Crippen LogP contribution in [-0.2, 0) is 0 Å². The zero-order chi connectivity index (χ0) is 13.8. The Labute approximate surface area is 115 Å². The number of benzene rings is 1. The van der Waals surface area contributed by atoms with E-state index < -0.39 is 0 Å². The van der Waals surface area contributed by atoms with Crippen molar-refractivity contribution in [1.29, 1.82) is 0 Å². The standard InChI is InChI=1S/C16H24N2O/c1-11-6-4-8-14(10-11)17-16(19)18-15-9-5-7-12(2)13(15)3/h5,7,9,11,14H,4,6,8,10H2,1-3H3,(H2,17,18,19)/t11-,14-/m1/s1. The fraction of sp³-hybridized carbons (Fsp3) is 0.562. The number of urea groups is 1. The van der Waals surface area contributed by atoms with Crippen molar-refractivity contribution in [2.45, 2.75) is 52.5 Å². The highest BCUT2D eigenvalue weighted by molar-refractivity contribution is 5.90. The second-order valence-electron chi connectivity index (χ2n) is 5.81. The molecule has 1 saturated carbocycles. The molecule has 104 valence electrons. The third-order valence-electron chi connectivity index (χ3n) is 4.12. The van der Waals surface area contributed by atoms with E-state index in [4.69, 9.17) is 0 Å². The lowest BCUT2D eigenvalue weighted by Gasteiger charge is -2.27. The maximum Gasteiger partial charge on any atom is 0.319 e. The van der Waals surface area contributed by atoms with Crippen molar-refractivity contribution in [1.82, 2.24) is 5.32 Å². The Bertz CT molecular complexity index is 456. The van der Waals surface area contributed by atoms with Gasteiger partial charge in [0.15, 0.2) is 0 Å². The summed E-state index contributed by atoms with van der Waals surface area (Å²) in [6, 6.07) is 6.23. The molecule has 2 rings (SSSR count). The van der Waals surface area contributed by atoms with E-state index >= 15 is 0 Å². The zero-order valence-corrected chi connectivity index (χ0v) is 12.1. The summed E-state index contributed by atoms with van der Waals surface area (Å²) in [7, 11) is 0. The van der Waals surface area contributed by atoms with Crippen LogP contribution in [0.15, 0.2) is 18.2 Å². The SMILES string of the molecule is Cc1cccc(NC(=O)N[C@@H]2CCC[C@@H](C)C2)c1C. The van der Waals surface area contributed by atoms with Gasteiger partial charge in [-0.05, 0) is 49.8 Å². The van der Waals surface area contributed by atoms with Gasteiger partial charge >= 0.3 is 6.03 Å². The Morgan fingerprint density at radius 2 is 2.05 bits per heavy atom. The topological polar surface area (TPSA) is 41.1 Å². The van der Waals surface area contributed by atoms with Gasteiger partial charge in [0.2, 0.25) is 0 Å². The minimum atomic E-state index is -0.0761. The molecule has 0 bridgehead atoms. The quantitative estimate of drug-likeness (QED) is 0.829. The van der Waals surface area contributed by atoms with Crippen LogP contribution in [-0.4, -0.2) is 12.1 Å². The molecule has 0 radical (unpaired) electrons. The van der Waals surface area contributed by atoms with Crippen LogP contribution in [0.25, 0.3) is 0 Å². The molecule has 2 amide bonds. The first-order chi connectivity index (χ1) is 9.06. The highest BCUT2D eigenvalue weighted by Gasteiger charge is 2.20. The predicted octanol–water partition coefficient (Wildman–Crippen LogP) is 4.00. The third kappa shape index (κ3) is 3.72. The minimum absolute atomic E-state index is 0.0761. The molecule has 1 fully saturated rings. The van der Waals surface area contributed by atoms with E-state index in [1.54, 1.807) is 0 Å². The number of anilines is 1. The third-order valence-corrected chi connectivity index (χ3v) is 4.12. The van der Waals surface area contributed by atoms with Crippen molar-refractivity contribution in [3.05, 3.63) is 29.3 Å². The Balaban J connectivity index is 1.92. The van der Waals surface area contributed by atoms with Crippen LogP contribution >= 0.6 is 0 Å². The molecule has 2 N–H and O–H groups in total. The van der Waals surface area contributed by atoms with Crippen LogP contribution in [0.4, 0.5) is 10.5 Å². The van der Waals surface area contributed by atoms with Gasteiger partial charge in [0.1, 0.15) is 0 Å². The largest absolute Gasteiger partial charge is 0.335 e. The van der Waals surface area contributed by atoms with Crippen LogP contribution in [0.1, 0.15) is 43.7 Å². The van der Waals surface area contributed by atoms with Gasteiger partial charge in [-0.1, -0.05) is 31.9 Å². The summed E-state index contributed by atoms with van der Waals surface area (Å²) in [5.74, 6) is 0.722. The van der Waals surface area contributed by atoms with E-state index in [0.717, 1.165) is 30.0 Å². The summed E-state index contributed by atoms with van der Waals surface area (Å²) in [6.45, 7) is 6.35. The van der Waals surface area contributed by atoms with E-state index in [0.29, 0.717) is 6.04 Å². The molecule has 2 atom stereocenters. The average Bonchev–Trinajstić information content (AvgIpc) is 2.35. The van der Waals surface area contributed by atoms with Gasteiger partial charge in [0.05, 0.1) is 0 Å². The molecule has 1 aromatic carbocycles. The second-order valence-corrected chi connectivity index (χ2v) is 5.81. The first kappa shape index (κ1) is 13.9. The summed E-state index contributed by atoms with van der Waals surface area (Å²) in [5, 5.41) is 6.06. The molecule has 3 nitrogen and oxygen atoms in total. The molecule has 1 aliphatic carbocycles. The minimum Gasteiger partial charge on any atom is -0.335 e. The average molecular weight is 260 g/mol. The number of rotatable bonds is 2. The number of nitrogens with one attached hydrogen (secondary N) is 2. The van der Waals surface area contributed by atoms with E-state index in [1.807, 2.05) is 19.1 Å². The highest BCUT2D eigenvalue weighted by atomic mass is 16.2. The van der Waals surface area contributed by atoms with Crippen molar-refractivity contribution in [3.63, 3.8) is 0 Å². The first-order valence-electron chi connectivity index (χ1n) is 7.20. The van der Waals surface area contributed by atoms with Crippen molar-refractivity contribution < 1.29 is 4.79 Å². The smallest absolute Gasteiger partial charge is 0.319 e. The van der Waals surface area contributed by atoms with Crippen LogP contribution in [0.5, 0.6) is 0 Å². The normalized spacial score (nSPS) is 22.9. The molecule has 0 spiro atoms. The summed E-state index contributed by atoms with van der Waals surface area (Å²) in [6.07, 6.45) is 4.71. The lowest BCUT2D eigenvalue weighted by atomic mass is 9.87. The summed E-state index contributed by atoms with van der Waals surface area (Å²) in [4.78, 5) is 12.0. The van der Waals surface area contributed by atoms with Crippen LogP contribution in [0.2, 0.25) is 0 Å². The second kappa shape index (κ2) is 6.09. The summed E-state index contributed by atoms with van der Waals surface area (Å²) in [5.41, 5.74) is 3.24. The first-order valence-corrected chi connectivity index (χ1v) is 7.20. The lowest BCUT2D eigenvalue weighted by molar-refractivity contribution is 0.238. The Morgan fingerprint density at radius 3 is 2.79 bits per heavy atom. The predicted molar refractivity (Wildman–Crippen MR) is 79.5 cm³/mol. The van der Waals surface area contributed by atoms with Crippen molar-refractivity contribution >= 4 is 11.7 Å². The molecule has 0 aromatic heterocycles. The van der Waals surface area contributed by atoms with Crippen molar-refractivity contribution in [2.24, 2.45) is 5.92 Å². The van der Waals surface area contributed by atoms with Crippen molar-refractivity contribution in [2.75, 3.05) is 5.32 Å². The fourth-order valence-corrected chi connectivity index (χ4v) is 2.80. The van der Waals surface area contributed by atoms with Crippen LogP contribution in [0, 0.1) is 19.8 Å². The van der Waals surface area contributed by atoms with Crippen LogP contribution < -0.4 is 10.6 Å². The molecule has 1 aliphatic rings. The van der Waals surface area contributed by atoms with E-state index in [2.05, 4.69) is 30.5 Å². The van der Waals surface area contributed by atoms with Crippen LogP contribution in [0.3, 0.4) is 0 Å². The van der Waals surface area contributed by atoms with Gasteiger partial charge in [-0.15, -0.1) is 0 Å². The summed E-state index contributed by atoms with van der Waals surface area (Å²) < 4.78 is 0. The van der Waals surface area contributed by atoms with Crippen molar-refractivity contribution in [3.8, 4) is 0 Å². The monoisotopic (exact) mass is 260 g/mol. The van der Waals surface area contributed by atoms with Gasteiger partial charge in [-0.3, -0.25) is 0 Å². The number of carbonyl (C=O) groups excluding carboxylic acids is 1. The lowest BCUT2D eigenvalue weighted by Crippen LogP contribution is -2.40. The Hall–Kier alpha value is -1.51. The van der Waals surface area contributed by atoms with Gasteiger partial charge < -0.3 is 10.6 Å². The van der Waals surface area contributed by atoms with E-state index in [-0.39, 0.29) is 6.03 Å². The fourth-order valence-electron chi connectivity index (χ4n) is 2.80. The molecule has 0 heterocycles. The van der Waals surface area contributed by atoms with E-state index in [9.17, 15) is 4.79 Å². The van der Waals surface area contributed by atoms with E-state index in [1.165, 1.54) is 18.4 Å². The molecular formula is C16H24N2O. The number of hydrogen-bond donors (Lipinski definition) is 2. The Kier molecular flexibility index (Phi) is 4.46. The molecule has 3 heteroatoms. The van der Waals surface area contributed by atoms with Gasteiger partial charge in [-0.25, -0.2) is 4.79 Å². The maximum atomic E-state index is 12.0. The molecular weight excluding hydrogens is 236 g/mol. The zero-order valence-electron chi connectivity index (χ0n) is 12.1. The number of amides is 2. The van der Waals surface area contributed by atoms with Gasteiger partial charge in [0.25, 0.3) is 0 Å². The highest BCUT2D eigenvalue weighted by Crippen LogP contribution is 2.24. The number of aryl methyl sites for hydroxylation is 1. The number of carbonyl (C=O) groups is 1. The number of hydrogen-bond acceptors (Lipinski definition) is 1. The molecule has 0 saturated heterocycles. The summed E-state index contributed by atoms with van der Waals surface area (Å²) >= 11 is 0. The Morgan fingerprint density at radius 1 is 1.26 bits per heavy atom. The molecule has 0 unspecified atom stereocenters. The molecule has 1 aromatic rings. The molecule has 19 heavy (non-hydrogen) atoms.